The van der Waals surface area contributed by atoms with E-state index < -0.39 is 0 Å². The normalized spacial score (nSPS) is 23.2. The van der Waals surface area contributed by atoms with Crippen molar-refractivity contribution in [3.05, 3.63) is 21.3 Å². The molecule has 1 aliphatic heterocycles. The number of thioether (sulfide) groups is 1. The number of hydrogen-bond donors (Lipinski definition) is 1. The lowest BCUT2D eigenvalue weighted by molar-refractivity contribution is 0.0481. The summed E-state index contributed by atoms with van der Waals surface area (Å²) in [6.45, 7) is 3.93. The van der Waals surface area contributed by atoms with Crippen molar-refractivity contribution < 1.29 is 4.74 Å². The molecule has 2 heterocycles. The summed E-state index contributed by atoms with van der Waals surface area (Å²) < 4.78 is 6.69. The van der Waals surface area contributed by atoms with Gasteiger partial charge in [0.05, 0.1) is 23.1 Å². The molecule has 1 aliphatic rings. The number of hydrogen-bond acceptors (Lipinski definition) is 4. The van der Waals surface area contributed by atoms with Crippen LogP contribution in [0, 0.1) is 0 Å². The minimum absolute atomic E-state index is 0.272. The van der Waals surface area contributed by atoms with E-state index in [4.69, 9.17) is 16.3 Å². The largest absolute Gasteiger partial charge is 0.374 e. The van der Waals surface area contributed by atoms with Crippen molar-refractivity contribution in [1.29, 1.82) is 0 Å². The van der Waals surface area contributed by atoms with Crippen LogP contribution < -0.4 is 5.32 Å². The molecule has 2 atom stereocenters. The Morgan fingerprint density at radius 2 is 2.50 bits per heavy atom. The van der Waals surface area contributed by atoms with Gasteiger partial charge in [-0.25, -0.2) is 0 Å². The van der Waals surface area contributed by atoms with Crippen molar-refractivity contribution in [2.75, 3.05) is 24.7 Å². The van der Waals surface area contributed by atoms with Crippen LogP contribution in [0.5, 0.6) is 0 Å². The zero-order chi connectivity index (χ0) is 11.4. The first kappa shape index (κ1) is 12.7. The van der Waals surface area contributed by atoms with E-state index in [1.807, 2.05) is 17.8 Å². The van der Waals surface area contributed by atoms with Gasteiger partial charge in [-0.2, -0.15) is 11.8 Å². The first-order valence-corrected chi connectivity index (χ1v) is 7.84. The van der Waals surface area contributed by atoms with Gasteiger partial charge in [-0.05, 0) is 18.7 Å². The van der Waals surface area contributed by atoms with Crippen molar-refractivity contribution in [2.24, 2.45) is 0 Å². The van der Waals surface area contributed by atoms with Crippen LogP contribution in [0.1, 0.15) is 17.8 Å². The van der Waals surface area contributed by atoms with Gasteiger partial charge in [-0.1, -0.05) is 18.5 Å². The van der Waals surface area contributed by atoms with Gasteiger partial charge in [0, 0.05) is 16.4 Å². The molecule has 2 nitrogen and oxygen atoms in total. The van der Waals surface area contributed by atoms with Crippen molar-refractivity contribution >= 4 is 34.7 Å². The fourth-order valence-corrected chi connectivity index (χ4v) is 3.92. The number of halogens is 1. The molecule has 1 aromatic heterocycles. The molecule has 5 heteroatoms. The molecule has 2 rings (SSSR count). The van der Waals surface area contributed by atoms with Crippen molar-refractivity contribution in [3.8, 4) is 0 Å². The zero-order valence-electron chi connectivity index (χ0n) is 9.24. The third kappa shape index (κ3) is 3.14. The molecule has 1 saturated heterocycles. The van der Waals surface area contributed by atoms with Gasteiger partial charge in [-0.15, -0.1) is 11.3 Å². The molecule has 1 aromatic rings. The average Bonchev–Trinajstić information content (AvgIpc) is 2.74. The number of rotatable bonds is 4. The summed E-state index contributed by atoms with van der Waals surface area (Å²) in [5, 5.41) is 3.50. The van der Waals surface area contributed by atoms with Gasteiger partial charge < -0.3 is 10.1 Å². The lowest BCUT2D eigenvalue weighted by atomic mass is 10.1. The van der Waals surface area contributed by atoms with E-state index in [9.17, 15) is 0 Å². The molecule has 0 radical (unpaired) electrons. The molecule has 16 heavy (non-hydrogen) atoms. The molecule has 2 unspecified atom stereocenters. The fraction of sp³-hybridized carbons (Fsp3) is 0.636. The van der Waals surface area contributed by atoms with E-state index in [-0.39, 0.29) is 12.1 Å². The first-order chi connectivity index (χ1) is 7.81. The molecule has 1 fully saturated rings. The van der Waals surface area contributed by atoms with Gasteiger partial charge >= 0.3 is 0 Å². The second-order valence-corrected chi connectivity index (χ2v) is 6.56. The summed E-state index contributed by atoms with van der Waals surface area (Å²) in [6.07, 6.45) is 0.272. The molecular weight excluding hydrogens is 262 g/mol. The van der Waals surface area contributed by atoms with Crippen LogP contribution in [-0.2, 0) is 4.74 Å². The average molecular weight is 278 g/mol. The van der Waals surface area contributed by atoms with Gasteiger partial charge in [-0.3, -0.25) is 0 Å². The smallest absolute Gasteiger partial charge is 0.0931 e. The molecule has 0 amide bonds. The molecule has 0 aliphatic carbocycles. The van der Waals surface area contributed by atoms with Crippen LogP contribution in [0.3, 0.4) is 0 Å². The highest BCUT2D eigenvalue weighted by Gasteiger charge is 2.26. The predicted molar refractivity (Wildman–Crippen MR) is 72.8 cm³/mol. The zero-order valence-corrected chi connectivity index (χ0v) is 11.6. The van der Waals surface area contributed by atoms with Crippen LogP contribution in [0.2, 0.25) is 4.34 Å². The first-order valence-electron chi connectivity index (χ1n) is 5.49. The van der Waals surface area contributed by atoms with Crippen molar-refractivity contribution in [2.45, 2.75) is 19.1 Å². The Kier molecular flexibility index (Phi) is 4.97. The van der Waals surface area contributed by atoms with Crippen LogP contribution in [0.15, 0.2) is 12.1 Å². The monoisotopic (exact) mass is 277 g/mol. The van der Waals surface area contributed by atoms with Crippen LogP contribution in [-0.4, -0.2) is 30.8 Å². The molecule has 0 saturated carbocycles. The minimum Gasteiger partial charge on any atom is -0.374 e. The SMILES string of the molecule is CCNC(c1ccc(Cl)s1)C1CSCCO1. The summed E-state index contributed by atoms with van der Waals surface area (Å²) in [5.74, 6) is 2.17. The van der Waals surface area contributed by atoms with E-state index >= 15 is 0 Å². The summed E-state index contributed by atoms with van der Waals surface area (Å²) in [6, 6.07) is 4.35. The maximum absolute atomic E-state index is 5.99. The van der Waals surface area contributed by atoms with Crippen LogP contribution in [0.25, 0.3) is 0 Å². The van der Waals surface area contributed by atoms with Gasteiger partial charge in [0.1, 0.15) is 0 Å². The number of nitrogens with one attached hydrogen (secondary N) is 1. The lowest BCUT2D eigenvalue weighted by Crippen LogP contribution is -2.37. The Balaban J connectivity index is 2.09. The third-order valence-electron chi connectivity index (χ3n) is 2.54. The quantitative estimate of drug-likeness (QED) is 0.913. The van der Waals surface area contributed by atoms with Crippen LogP contribution >= 0.6 is 34.7 Å². The Morgan fingerprint density at radius 3 is 3.06 bits per heavy atom. The Bertz CT molecular complexity index is 326. The standard InChI is InChI=1S/C11H16ClNOS2/c1-2-13-11(8-7-15-6-5-14-8)9-3-4-10(12)16-9/h3-4,8,11,13H,2,5-7H2,1H3. The molecule has 1 N–H and O–H groups in total. The predicted octanol–water partition coefficient (Wildman–Crippen LogP) is 3.18. The summed E-state index contributed by atoms with van der Waals surface area (Å²) in [4.78, 5) is 1.28. The van der Waals surface area contributed by atoms with E-state index in [1.54, 1.807) is 11.3 Å². The lowest BCUT2D eigenvalue weighted by Gasteiger charge is -2.30. The molecule has 0 aromatic carbocycles. The van der Waals surface area contributed by atoms with E-state index in [0.29, 0.717) is 0 Å². The minimum atomic E-state index is 0.272. The highest BCUT2D eigenvalue weighted by atomic mass is 35.5. The van der Waals surface area contributed by atoms with Crippen molar-refractivity contribution in [1.82, 2.24) is 5.32 Å². The molecular formula is C11H16ClNOS2. The second-order valence-electron chi connectivity index (χ2n) is 3.66. The van der Waals surface area contributed by atoms with E-state index in [2.05, 4.69) is 18.3 Å². The topological polar surface area (TPSA) is 21.3 Å². The molecule has 90 valence electrons. The highest BCUT2D eigenvalue weighted by molar-refractivity contribution is 7.99. The van der Waals surface area contributed by atoms with Gasteiger partial charge in [0.25, 0.3) is 0 Å². The maximum atomic E-state index is 5.99. The summed E-state index contributed by atoms with van der Waals surface area (Å²) in [7, 11) is 0. The third-order valence-corrected chi connectivity index (χ3v) is 4.87. The van der Waals surface area contributed by atoms with Crippen molar-refractivity contribution in [3.63, 3.8) is 0 Å². The fourth-order valence-electron chi connectivity index (χ4n) is 1.83. The molecule has 0 bridgehead atoms. The number of ether oxygens (including phenoxy) is 1. The maximum Gasteiger partial charge on any atom is 0.0931 e. The number of thiophene rings is 1. The number of likely N-dealkylation sites (N-methyl/N-ethyl adjacent to an activating group) is 1. The summed E-state index contributed by atoms with van der Waals surface area (Å²) in [5.41, 5.74) is 0. The van der Waals surface area contributed by atoms with Gasteiger partial charge in [0.2, 0.25) is 0 Å². The second kappa shape index (κ2) is 6.26. The molecule has 0 spiro atoms. The highest BCUT2D eigenvalue weighted by Crippen LogP contribution is 2.32. The Labute approximate surface area is 110 Å². The Morgan fingerprint density at radius 1 is 1.62 bits per heavy atom. The van der Waals surface area contributed by atoms with Crippen LogP contribution in [0.4, 0.5) is 0 Å². The summed E-state index contributed by atoms with van der Waals surface area (Å²) >= 11 is 9.60. The van der Waals surface area contributed by atoms with E-state index in [1.165, 1.54) is 4.88 Å². The Hall–Kier alpha value is 0.260. The van der Waals surface area contributed by atoms with Gasteiger partial charge in [0.15, 0.2) is 0 Å². The van der Waals surface area contributed by atoms with E-state index in [0.717, 1.165) is 29.0 Å².